The molecule has 2 heterocycles. The average molecular weight is 265 g/mol. The van der Waals surface area contributed by atoms with Crippen LogP contribution in [0.15, 0.2) is 4.52 Å². The van der Waals surface area contributed by atoms with Gasteiger partial charge in [0.2, 0.25) is 0 Å². The number of aromatic nitrogens is 2. The zero-order chi connectivity index (χ0) is 13.3. The Morgan fingerprint density at radius 2 is 2.11 bits per heavy atom. The molecule has 1 saturated carbocycles. The van der Waals surface area contributed by atoms with Crippen molar-refractivity contribution >= 4 is 0 Å². The molecule has 1 aromatic rings. The fourth-order valence-electron chi connectivity index (χ4n) is 3.17. The van der Waals surface area contributed by atoms with Gasteiger partial charge in [-0.15, -0.1) is 0 Å². The van der Waals surface area contributed by atoms with Crippen LogP contribution in [0.2, 0.25) is 0 Å². The summed E-state index contributed by atoms with van der Waals surface area (Å²) in [5, 5.41) is 4.12. The molecule has 2 aliphatic rings. The molecule has 2 fully saturated rings. The van der Waals surface area contributed by atoms with Crippen LogP contribution in [0, 0.1) is 5.92 Å². The molecule has 0 spiro atoms. The summed E-state index contributed by atoms with van der Waals surface area (Å²) >= 11 is 0. The Morgan fingerprint density at radius 1 is 1.32 bits per heavy atom. The monoisotopic (exact) mass is 265 g/mol. The first-order valence-electron chi connectivity index (χ1n) is 7.46. The van der Waals surface area contributed by atoms with Crippen molar-refractivity contribution in [3.05, 3.63) is 11.7 Å². The number of nitrogens with zero attached hydrogens (tertiary/aromatic N) is 2. The smallest absolute Gasteiger partial charge is 0.255 e. The normalized spacial score (nSPS) is 35.7. The molecule has 0 bridgehead atoms. The maximum Gasteiger partial charge on any atom is 0.255 e. The van der Waals surface area contributed by atoms with Crippen LogP contribution >= 0.6 is 0 Å². The van der Waals surface area contributed by atoms with Crippen LogP contribution in [0.4, 0.5) is 0 Å². The van der Waals surface area contributed by atoms with Crippen molar-refractivity contribution in [2.45, 2.75) is 63.5 Å². The van der Waals surface area contributed by atoms with E-state index in [1.165, 1.54) is 6.42 Å². The fraction of sp³-hybridized carbons (Fsp3) is 0.857. The van der Waals surface area contributed by atoms with Gasteiger partial charge in [0.25, 0.3) is 5.89 Å². The van der Waals surface area contributed by atoms with Crippen LogP contribution in [0.1, 0.15) is 69.7 Å². The van der Waals surface area contributed by atoms with Crippen LogP contribution in [0.3, 0.4) is 0 Å². The van der Waals surface area contributed by atoms with E-state index in [9.17, 15) is 0 Å². The van der Waals surface area contributed by atoms with Gasteiger partial charge >= 0.3 is 0 Å². The SMILES string of the molecule is CCC1CCC(N)(c2noc(C3CCCO3)n2)CC1. The highest BCUT2D eigenvalue weighted by atomic mass is 16.5. The van der Waals surface area contributed by atoms with E-state index < -0.39 is 5.54 Å². The van der Waals surface area contributed by atoms with E-state index in [2.05, 4.69) is 17.1 Å². The quantitative estimate of drug-likeness (QED) is 0.909. The van der Waals surface area contributed by atoms with Gasteiger partial charge in [-0.3, -0.25) is 0 Å². The number of hydrogen-bond acceptors (Lipinski definition) is 5. The maximum atomic E-state index is 6.48. The first-order valence-corrected chi connectivity index (χ1v) is 7.46. The summed E-state index contributed by atoms with van der Waals surface area (Å²) < 4.78 is 10.9. The molecule has 5 nitrogen and oxygen atoms in total. The summed E-state index contributed by atoms with van der Waals surface area (Å²) in [7, 11) is 0. The largest absolute Gasteiger partial charge is 0.368 e. The van der Waals surface area contributed by atoms with Gasteiger partial charge in [0, 0.05) is 6.61 Å². The fourth-order valence-corrected chi connectivity index (χ4v) is 3.17. The number of rotatable bonds is 3. The molecule has 106 valence electrons. The predicted molar refractivity (Wildman–Crippen MR) is 70.3 cm³/mol. The van der Waals surface area contributed by atoms with Gasteiger partial charge in [0.05, 0.1) is 5.54 Å². The van der Waals surface area contributed by atoms with Gasteiger partial charge in [-0.2, -0.15) is 4.98 Å². The number of ether oxygens (including phenoxy) is 1. The van der Waals surface area contributed by atoms with Crippen LogP contribution in [0.5, 0.6) is 0 Å². The zero-order valence-electron chi connectivity index (χ0n) is 11.6. The second kappa shape index (κ2) is 5.21. The van der Waals surface area contributed by atoms with Gasteiger partial charge < -0.3 is 15.0 Å². The van der Waals surface area contributed by atoms with Crippen LogP contribution in [-0.2, 0) is 10.3 Å². The van der Waals surface area contributed by atoms with Crippen molar-refractivity contribution in [1.29, 1.82) is 0 Å². The molecule has 1 unspecified atom stereocenters. The molecular formula is C14H23N3O2. The Labute approximate surface area is 113 Å². The lowest BCUT2D eigenvalue weighted by Gasteiger charge is -2.34. The van der Waals surface area contributed by atoms with Crippen molar-refractivity contribution in [1.82, 2.24) is 10.1 Å². The lowest BCUT2D eigenvalue weighted by atomic mass is 9.76. The Kier molecular flexibility index (Phi) is 3.58. The Balaban J connectivity index is 1.71. The minimum Gasteiger partial charge on any atom is -0.368 e. The van der Waals surface area contributed by atoms with Crippen molar-refractivity contribution in [3.8, 4) is 0 Å². The van der Waals surface area contributed by atoms with Gasteiger partial charge in [0.1, 0.15) is 6.10 Å². The highest BCUT2D eigenvalue weighted by molar-refractivity contribution is 5.07. The van der Waals surface area contributed by atoms with E-state index in [1.54, 1.807) is 0 Å². The molecule has 3 rings (SSSR count). The molecule has 0 aromatic carbocycles. The highest BCUT2D eigenvalue weighted by Gasteiger charge is 2.37. The lowest BCUT2D eigenvalue weighted by molar-refractivity contribution is 0.0835. The minimum atomic E-state index is -0.397. The van der Waals surface area contributed by atoms with Crippen molar-refractivity contribution < 1.29 is 9.26 Å². The second-order valence-electron chi connectivity index (χ2n) is 5.97. The van der Waals surface area contributed by atoms with E-state index in [1.807, 2.05) is 0 Å². The van der Waals surface area contributed by atoms with Gasteiger partial charge in [-0.25, -0.2) is 0 Å². The van der Waals surface area contributed by atoms with Crippen LogP contribution in [-0.4, -0.2) is 16.7 Å². The Hall–Kier alpha value is -0.940. The Bertz CT molecular complexity index is 418. The standard InChI is InChI=1S/C14H23N3O2/c1-2-10-5-7-14(15,8-6-10)13-16-12(19-17-13)11-4-3-9-18-11/h10-11H,2-9,15H2,1H3. The maximum absolute atomic E-state index is 6.48. The lowest BCUT2D eigenvalue weighted by Crippen LogP contribution is -2.41. The first kappa shape index (κ1) is 13.1. The van der Waals surface area contributed by atoms with E-state index in [-0.39, 0.29) is 6.10 Å². The zero-order valence-corrected chi connectivity index (χ0v) is 11.6. The van der Waals surface area contributed by atoms with Crippen LogP contribution < -0.4 is 5.73 Å². The van der Waals surface area contributed by atoms with E-state index >= 15 is 0 Å². The predicted octanol–water partition coefficient (Wildman–Crippen LogP) is 2.68. The summed E-state index contributed by atoms with van der Waals surface area (Å²) in [6, 6.07) is 0. The first-order chi connectivity index (χ1) is 9.21. The van der Waals surface area contributed by atoms with Crippen molar-refractivity contribution in [3.63, 3.8) is 0 Å². The molecule has 1 aromatic heterocycles. The molecule has 2 N–H and O–H groups in total. The number of nitrogens with two attached hydrogens (primary N) is 1. The molecule has 5 heteroatoms. The Morgan fingerprint density at radius 3 is 2.74 bits per heavy atom. The third-order valence-corrected chi connectivity index (χ3v) is 4.67. The average Bonchev–Trinajstić information content (AvgIpc) is 3.10. The van der Waals surface area contributed by atoms with E-state index in [0.717, 1.165) is 51.0 Å². The van der Waals surface area contributed by atoms with Crippen molar-refractivity contribution in [2.75, 3.05) is 6.61 Å². The summed E-state index contributed by atoms with van der Waals surface area (Å²) in [6.07, 6.45) is 7.49. The topological polar surface area (TPSA) is 74.2 Å². The molecule has 1 saturated heterocycles. The molecule has 19 heavy (non-hydrogen) atoms. The molecule has 1 aliphatic carbocycles. The highest BCUT2D eigenvalue weighted by Crippen LogP contribution is 2.38. The van der Waals surface area contributed by atoms with E-state index in [0.29, 0.717) is 11.7 Å². The van der Waals surface area contributed by atoms with Gasteiger partial charge in [-0.1, -0.05) is 18.5 Å². The number of hydrogen-bond donors (Lipinski definition) is 1. The third-order valence-electron chi connectivity index (χ3n) is 4.67. The summed E-state index contributed by atoms with van der Waals surface area (Å²) in [6.45, 7) is 3.03. The molecular weight excluding hydrogens is 242 g/mol. The molecule has 1 atom stereocenters. The minimum absolute atomic E-state index is 0.0168. The van der Waals surface area contributed by atoms with Gasteiger partial charge in [-0.05, 0) is 44.4 Å². The summed E-state index contributed by atoms with van der Waals surface area (Å²) in [5.41, 5.74) is 6.09. The van der Waals surface area contributed by atoms with E-state index in [4.69, 9.17) is 15.0 Å². The third kappa shape index (κ3) is 2.54. The second-order valence-corrected chi connectivity index (χ2v) is 5.97. The summed E-state index contributed by atoms with van der Waals surface area (Å²) in [4.78, 5) is 4.51. The molecule has 1 aliphatic heterocycles. The van der Waals surface area contributed by atoms with Crippen LogP contribution in [0.25, 0.3) is 0 Å². The molecule has 0 radical (unpaired) electrons. The summed E-state index contributed by atoms with van der Waals surface area (Å²) in [5.74, 6) is 2.09. The van der Waals surface area contributed by atoms with Gasteiger partial charge in [0.15, 0.2) is 5.82 Å². The van der Waals surface area contributed by atoms with Crippen molar-refractivity contribution in [2.24, 2.45) is 11.7 Å². The molecule has 0 amide bonds.